The van der Waals surface area contributed by atoms with Gasteiger partial charge >= 0.3 is 7.60 Å². The van der Waals surface area contributed by atoms with Crippen molar-refractivity contribution in [2.45, 2.75) is 89.8 Å². The number of amides is 1. The summed E-state index contributed by atoms with van der Waals surface area (Å²) >= 11 is 0. The molecule has 3 atom stereocenters. The first-order valence-corrected chi connectivity index (χ1v) is 14.4. The average Bonchev–Trinajstić information content (AvgIpc) is 2.99. The minimum absolute atomic E-state index is 0.0803. The fourth-order valence-corrected chi connectivity index (χ4v) is 7.05. The number of piperidine rings is 1. The molecule has 0 aliphatic carbocycles. The maximum absolute atomic E-state index is 13.3. The predicted octanol–water partition coefficient (Wildman–Crippen LogP) is 4.41. The normalized spacial score (nSPS) is 27.7. The highest BCUT2D eigenvalue weighted by Crippen LogP contribution is 2.57. The topological polar surface area (TPSA) is 65.1 Å². The maximum atomic E-state index is 13.3. The molecule has 0 aromatic carbocycles. The quantitative estimate of drug-likeness (QED) is 0.464. The van der Waals surface area contributed by atoms with Crippen molar-refractivity contribution in [1.82, 2.24) is 4.90 Å². The first kappa shape index (κ1) is 22.1. The Morgan fingerprint density at radius 3 is 2.27 bits per heavy atom. The van der Waals surface area contributed by atoms with E-state index >= 15 is 0 Å². The second-order valence-corrected chi connectivity index (χ2v) is 15.8. The molecular formula is C18H36NO5PSi. The molecule has 0 aromatic heterocycles. The largest absolute Gasteiger partial charge is 0.412 e. The van der Waals surface area contributed by atoms with Gasteiger partial charge in [-0.1, -0.05) is 20.8 Å². The van der Waals surface area contributed by atoms with Gasteiger partial charge in [0, 0.05) is 6.54 Å². The van der Waals surface area contributed by atoms with Gasteiger partial charge in [0.2, 0.25) is 5.91 Å². The number of fused-ring (bicyclic) bond motifs is 1. The van der Waals surface area contributed by atoms with Gasteiger partial charge in [-0.3, -0.25) is 9.36 Å². The molecule has 26 heavy (non-hydrogen) atoms. The van der Waals surface area contributed by atoms with Gasteiger partial charge < -0.3 is 18.4 Å². The van der Waals surface area contributed by atoms with Crippen molar-refractivity contribution in [2.24, 2.45) is 0 Å². The van der Waals surface area contributed by atoms with E-state index in [0.717, 1.165) is 12.8 Å². The van der Waals surface area contributed by atoms with Gasteiger partial charge in [0.1, 0.15) is 5.66 Å². The van der Waals surface area contributed by atoms with E-state index in [9.17, 15) is 9.36 Å². The highest BCUT2D eigenvalue weighted by atomic mass is 31.2. The van der Waals surface area contributed by atoms with E-state index in [2.05, 4.69) is 33.9 Å². The number of carbonyl (C=O) groups excluding carboxylic acids is 1. The summed E-state index contributed by atoms with van der Waals surface area (Å²) in [4.78, 5) is 14.9. The smallest absolute Gasteiger partial charge is 0.343 e. The van der Waals surface area contributed by atoms with Crippen LogP contribution < -0.4 is 0 Å². The van der Waals surface area contributed by atoms with Crippen molar-refractivity contribution >= 4 is 21.8 Å². The Morgan fingerprint density at radius 1 is 1.19 bits per heavy atom. The SMILES string of the molecule is CCOP(=O)(OCC)C1C[C@@H](O[Si](C)(C)C(C)(C)C)C2CCCN2C1=O. The minimum Gasteiger partial charge on any atom is -0.412 e. The second kappa shape index (κ2) is 8.04. The number of rotatable bonds is 7. The minimum atomic E-state index is -3.50. The summed E-state index contributed by atoms with van der Waals surface area (Å²) in [6, 6.07) is 0.0876. The molecule has 0 radical (unpaired) electrons. The molecule has 2 heterocycles. The third-order valence-corrected chi connectivity index (χ3v) is 12.9. The Kier molecular flexibility index (Phi) is 6.83. The molecule has 2 aliphatic heterocycles. The molecule has 2 fully saturated rings. The van der Waals surface area contributed by atoms with Crippen LogP contribution in [0.1, 0.15) is 53.9 Å². The van der Waals surface area contributed by atoms with Crippen molar-refractivity contribution in [3.05, 3.63) is 0 Å². The molecule has 0 bridgehead atoms. The highest BCUT2D eigenvalue weighted by Gasteiger charge is 2.54. The number of carbonyl (C=O) groups is 1. The van der Waals surface area contributed by atoms with Crippen LogP contribution in [0.25, 0.3) is 0 Å². The molecule has 0 N–H and O–H groups in total. The van der Waals surface area contributed by atoms with E-state index in [1.165, 1.54) is 0 Å². The molecule has 0 aromatic rings. The molecule has 2 saturated heterocycles. The lowest BCUT2D eigenvalue weighted by Crippen LogP contribution is -2.58. The first-order valence-electron chi connectivity index (χ1n) is 9.84. The molecular weight excluding hydrogens is 369 g/mol. The lowest BCUT2D eigenvalue weighted by atomic mass is 9.98. The third kappa shape index (κ3) is 4.27. The van der Waals surface area contributed by atoms with E-state index in [4.69, 9.17) is 13.5 Å². The van der Waals surface area contributed by atoms with E-state index in [1.54, 1.807) is 13.8 Å². The van der Waals surface area contributed by atoms with E-state index in [-0.39, 0.29) is 36.3 Å². The summed E-state index contributed by atoms with van der Waals surface area (Å²) in [5, 5.41) is 0.0803. The predicted molar refractivity (Wildman–Crippen MR) is 106 cm³/mol. The van der Waals surface area contributed by atoms with Crippen molar-refractivity contribution in [1.29, 1.82) is 0 Å². The van der Waals surface area contributed by atoms with Gasteiger partial charge in [-0.25, -0.2) is 0 Å². The molecule has 2 rings (SSSR count). The number of hydrogen-bond acceptors (Lipinski definition) is 5. The second-order valence-electron chi connectivity index (χ2n) is 8.78. The van der Waals surface area contributed by atoms with Gasteiger partial charge in [0.05, 0.1) is 25.4 Å². The Bertz CT molecular complexity index is 552. The van der Waals surface area contributed by atoms with Crippen LogP contribution in [0.2, 0.25) is 18.1 Å². The molecule has 152 valence electrons. The van der Waals surface area contributed by atoms with Gasteiger partial charge in [0.25, 0.3) is 0 Å². The maximum Gasteiger partial charge on any atom is 0.343 e. The zero-order valence-electron chi connectivity index (χ0n) is 17.4. The van der Waals surface area contributed by atoms with Crippen LogP contribution in [0.4, 0.5) is 0 Å². The number of hydrogen-bond donors (Lipinski definition) is 0. The highest BCUT2D eigenvalue weighted by molar-refractivity contribution is 7.55. The van der Waals surface area contributed by atoms with Crippen LogP contribution in [0, 0.1) is 0 Å². The van der Waals surface area contributed by atoms with Crippen molar-refractivity contribution < 1.29 is 22.8 Å². The van der Waals surface area contributed by atoms with Crippen LogP contribution >= 0.6 is 7.60 Å². The Hall–Kier alpha value is -0.203. The van der Waals surface area contributed by atoms with Crippen LogP contribution in [0.5, 0.6) is 0 Å². The van der Waals surface area contributed by atoms with Crippen LogP contribution in [-0.2, 0) is 22.8 Å². The average molecular weight is 406 g/mol. The van der Waals surface area contributed by atoms with Crippen molar-refractivity contribution in [2.75, 3.05) is 19.8 Å². The Morgan fingerprint density at radius 2 is 1.77 bits per heavy atom. The van der Waals surface area contributed by atoms with Crippen molar-refractivity contribution in [3.63, 3.8) is 0 Å². The lowest BCUT2D eigenvalue weighted by Gasteiger charge is -2.47. The molecule has 0 spiro atoms. The molecule has 1 amide bonds. The summed E-state index contributed by atoms with van der Waals surface area (Å²) < 4.78 is 31.1. The summed E-state index contributed by atoms with van der Waals surface area (Å²) in [7, 11) is -5.51. The Balaban J connectivity index is 2.32. The molecule has 2 unspecified atom stereocenters. The number of nitrogens with zero attached hydrogens (tertiary/aromatic N) is 1. The lowest BCUT2D eigenvalue weighted by molar-refractivity contribution is -0.138. The van der Waals surface area contributed by atoms with Crippen LogP contribution in [0.3, 0.4) is 0 Å². The summed E-state index contributed by atoms with van der Waals surface area (Å²) in [6.45, 7) is 15.9. The molecule has 2 aliphatic rings. The first-order chi connectivity index (χ1) is 12.0. The van der Waals surface area contributed by atoms with E-state index in [1.807, 2.05) is 4.90 Å². The standard InChI is InChI=1S/C18H36NO5PSi/c1-8-22-25(21,23-9-2)16-13-15(24-26(6,7)18(3,4)5)14-11-10-12-19(14)17(16)20/h14-16H,8-13H2,1-7H3/t14?,15-,16?/m1/s1. The third-order valence-electron chi connectivity index (χ3n) is 6.00. The summed E-state index contributed by atoms with van der Waals surface area (Å²) in [6.07, 6.45) is 2.23. The fraction of sp³-hybridized carbons (Fsp3) is 0.944. The molecule has 0 saturated carbocycles. The van der Waals surface area contributed by atoms with Gasteiger partial charge in [-0.2, -0.15) is 0 Å². The molecule has 8 heteroatoms. The fourth-order valence-electron chi connectivity index (χ4n) is 3.65. The summed E-state index contributed by atoms with van der Waals surface area (Å²) in [5.41, 5.74) is -0.758. The van der Waals surface area contributed by atoms with Crippen LogP contribution in [0.15, 0.2) is 0 Å². The van der Waals surface area contributed by atoms with Crippen molar-refractivity contribution in [3.8, 4) is 0 Å². The van der Waals surface area contributed by atoms with Gasteiger partial charge in [0.15, 0.2) is 8.32 Å². The van der Waals surface area contributed by atoms with Gasteiger partial charge in [-0.15, -0.1) is 0 Å². The van der Waals surface area contributed by atoms with E-state index in [0.29, 0.717) is 13.0 Å². The van der Waals surface area contributed by atoms with Crippen LogP contribution in [-0.4, -0.2) is 56.7 Å². The molecule has 6 nitrogen and oxygen atoms in total. The monoisotopic (exact) mass is 405 g/mol. The Labute approximate surface area is 159 Å². The van der Waals surface area contributed by atoms with E-state index < -0.39 is 21.6 Å². The zero-order chi connectivity index (χ0) is 19.8. The zero-order valence-corrected chi connectivity index (χ0v) is 19.3. The summed E-state index contributed by atoms with van der Waals surface area (Å²) in [5.74, 6) is -0.0900. The van der Waals surface area contributed by atoms with Gasteiger partial charge in [-0.05, 0) is 51.2 Å².